The summed E-state index contributed by atoms with van der Waals surface area (Å²) in [6.45, 7) is 0.0764. The van der Waals surface area contributed by atoms with Crippen molar-refractivity contribution in [3.8, 4) is 11.3 Å². The number of allylic oxidation sites excluding steroid dienone is 1. The van der Waals surface area contributed by atoms with E-state index in [0.717, 1.165) is 18.4 Å². The Morgan fingerprint density at radius 2 is 1.93 bits per heavy atom. The number of halogens is 1. The fourth-order valence-corrected chi connectivity index (χ4v) is 9.85. The number of thiazole rings is 1. The van der Waals surface area contributed by atoms with Crippen LogP contribution >= 0.6 is 11.3 Å². The minimum Gasteiger partial charge on any atom is -0.444 e. The van der Waals surface area contributed by atoms with Crippen LogP contribution in [0.25, 0.3) is 11.3 Å². The summed E-state index contributed by atoms with van der Waals surface area (Å²) in [6.07, 6.45) is 10.1. The van der Waals surface area contributed by atoms with E-state index in [1.165, 1.54) is 27.2 Å². The zero-order valence-corrected chi connectivity index (χ0v) is 31.6. The number of nitrogens with zero attached hydrogens (tertiary/aromatic N) is 4. The lowest BCUT2D eigenvalue weighted by Crippen LogP contribution is -2.57. The average Bonchev–Trinajstić information content (AvgIpc) is 3.97. The number of amides is 4. The van der Waals surface area contributed by atoms with Crippen LogP contribution in [0.4, 0.5) is 14.3 Å². The number of anilines is 1. The summed E-state index contributed by atoms with van der Waals surface area (Å²) in [4.78, 5) is 67.8. The molecule has 3 N–H and O–H groups in total. The Bertz CT molecular complexity index is 2130. The Labute approximate surface area is 322 Å². The Hall–Kier alpha value is -4.90. The van der Waals surface area contributed by atoms with Gasteiger partial charge in [0, 0.05) is 47.8 Å². The maximum atomic E-state index is 14.6. The van der Waals surface area contributed by atoms with Crippen LogP contribution in [0, 0.1) is 11.7 Å². The van der Waals surface area contributed by atoms with Gasteiger partial charge in [0.25, 0.3) is 5.91 Å². The first kappa shape index (κ1) is 37.0. The van der Waals surface area contributed by atoms with E-state index in [0.29, 0.717) is 54.1 Å². The average molecular weight is 792 g/mol. The third-order valence-corrected chi connectivity index (χ3v) is 13.6. The van der Waals surface area contributed by atoms with Gasteiger partial charge in [0.15, 0.2) is 5.13 Å². The predicted octanol–water partition coefficient (Wildman–Crippen LogP) is 4.25. The zero-order valence-electron chi connectivity index (χ0n) is 30.0. The molecular formula is C38H42FN7O7S2. The first-order valence-electron chi connectivity index (χ1n) is 18.7. The van der Waals surface area contributed by atoms with Crippen molar-refractivity contribution in [2.24, 2.45) is 5.92 Å². The van der Waals surface area contributed by atoms with E-state index >= 15 is 0 Å². The SMILES string of the molecule is O=C1N[C@]2(C(=O)NS(=O)(=O)C3CC3)C[C@H]2/C=C\CCCCC[C@H](Nc2nc(-c3cccnc3)cs2)C(=O)N2C[C@H](OC(=O)N3Cc4cccc(F)c4C3)C[C@@H]12. The largest absolute Gasteiger partial charge is 0.444 e. The molecular weight excluding hydrogens is 750 g/mol. The van der Waals surface area contributed by atoms with Gasteiger partial charge in [0.2, 0.25) is 21.8 Å². The Balaban J connectivity index is 1.06. The summed E-state index contributed by atoms with van der Waals surface area (Å²) in [5, 5.41) is 7.90. The summed E-state index contributed by atoms with van der Waals surface area (Å²) in [5.41, 5.74) is 1.08. The van der Waals surface area contributed by atoms with Crippen molar-refractivity contribution in [3.63, 3.8) is 0 Å². The van der Waals surface area contributed by atoms with Crippen molar-refractivity contribution in [1.82, 2.24) is 29.8 Å². The lowest BCUT2D eigenvalue weighted by Gasteiger charge is -2.29. The van der Waals surface area contributed by atoms with Gasteiger partial charge in [-0.25, -0.2) is 22.6 Å². The highest BCUT2D eigenvalue weighted by Crippen LogP contribution is 2.46. The van der Waals surface area contributed by atoms with Crippen molar-refractivity contribution in [1.29, 1.82) is 0 Å². The third kappa shape index (κ3) is 7.81. The fraction of sp³-hybridized carbons (Fsp3) is 0.474. The van der Waals surface area contributed by atoms with E-state index < -0.39 is 74.5 Å². The standard InChI is InChI=1S/C38H42FN7O7S2/c39-29-11-6-8-24-19-45(21-28(24)29)37(50)53-26-16-32-33(47)43-38(35(49)44-55(51,52)27-13-14-27)17-25(38)10-4-2-1-3-5-12-30(34(48)46(32)20-26)41-36-42-31(22-54-36)23-9-7-15-40-18-23/h4,6-11,15,18,22,25-27,30,32H,1-3,5,12-14,16-17,19-21H2,(H,41,42)(H,43,47)(H,44,49)/b10-4-/t25-,26-,30+,32+,38-/m1/s1. The molecule has 3 aromatic rings. The van der Waals surface area contributed by atoms with Gasteiger partial charge < -0.3 is 20.3 Å². The van der Waals surface area contributed by atoms with Gasteiger partial charge in [-0.15, -0.1) is 11.3 Å². The van der Waals surface area contributed by atoms with Gasteiger partial charge in [-0.2, -0.15) is 0 Å². The van der Waals surface area contributed by atoms with Gasteiger partial charge in [0.05, 0.1) is 24.0 Å². The van der Waals surface area contributed by atoms with E-state index in [1.54, 1.807) is 24.5 Å². The van der Waals surface area contributed by atoms with E-state index in [-0.39, 0.29) is 32.5 Å². The molecule has 0 unspecified atom stereocenters. The van der Waals surface area contributed by atoms with Crippen molar-refractivity contribution in [3.05, 3.63) is 77.2 Å². The monoisotopic (exact) mass is 791 g/mol. The molecule has 14 nitrogen and oxygen atoms in total. The van der Waals surface area contributed by atoms with E-state index in [2.05, 4.69) is 20.3 Å². The van der Waals surface area contributed by atoms with Gasteiger partial charge in [-0.1, -0.05) is 37.1 Å². The number of hydrogen-bond acceptors (Lipinski definition) is 11. The molecule has 0 radical (unpaired) electrons. The first-order valence-corrected chi connectivity index (χ1v) is 21.1. The molecule has 2 aromatic heterocycles. The Morgan fingerprint density at radius 1 is 1.07 bits per heavy atom. The minimum atomic E-state index is -3.90. The summed E-state index contributed by atoms with van der Waals surface area (Å²) >= 11 is 1.34. The van der Waals surface area contributed by atoms with Gasteiger partial charge in [0.1, 0.15) is 29.5 Å². The van der Waals surface area contributed by atoms with Crippen LogP contribution in [0.5, 0.6) is 0 Å². The lowest BCUT2D eigenvalue weighted by molar-refractivity contribution is -0.140. The van der Waals surface area contributed by atoms with Crippen molar-refractivity contribution in [2.45, 2.75) is 99.9 Å². The van der Waals surface area contributed by atoms with Crippen molar-refractivity contribution in [2.75, 3.05) is 11.9 Å². The van der Waals surface area contributed by atoms with Crippen LogP contribution in [-0.4, -0.2) is 87.5 Å². The summed E-state index contributed by atoms with van der Waals surface area (Å²) in [5.74, 6) is -2.72. The van der Waals surface area contributed by atoms with Crippen LogP contribution in [-0.2, 0) is 42.2 Å². The molecule has 17 heteroatoms. The number of nitrogens with one attached hydrogen (secondary N) is 3. The summed E-state index contributed by atoms with van der Waals surface area (Å²) in [7, 11) is -3.90. The number of rotatable bonds is 7. The molecule has 3 fully saturated rings. The van der Waals surface area contributed by atoms with Crippen molar-refractivity contribution < 1.29 is 36.7 Å². The number of carbonyl (C=O) groups excluding carboxylic acids is 4. The zero-order chi connectivity index (χ0) is 38.3. The maximum Gasteiger partial charge on any atom is 0.410 e. The normalized spacial score (nSPS) is 27.4. The van der Waals surface area contributed by atoms with Crippen LogP contribution < -0.4 is 15.4 Å². The van der Waals surface area contributed by atoms with Gasteiger partial charge in [-0.3, -0.25) is 29.0 Å². The van der Waals surface area contributed by atoms with Crippen LogP contribution in [0.2, 0.25) is 0 Å². The molecule has 2 saturated carbocycles. The van der Waals surface area contributed by atoms with Crippen molar-refractivity contribution >= 4 is 50.3 Å². The number of carbonyl (C=O) groups is 4. The number of pyridine rings is 1. The van der Waals surface area contributed by atoms with Crippen LogP contribution in [0.3, 0.4) is 0 Å². The van der Waals surface area contributed by atoms with E-state index in [9.17, 15) is 32.0 Å². The maximum absolute atomic E-state index is 14.6. The second-order valence-electron chi connectivity index (χ2n) is 15.0. The molecule has 8 rings (SSSR count). The number of sulfonamides is 1. The fourth-order valence-electron chi connectivity index (χ4n) is 7.71. The lowest BCUT2D eigenvalue weighted by atomic mass is 10.1. The van der Waals surface area contributed by atoms with E-state index in [4.69, 9.17) is 9.72 Å². The predicted molar refractivity (Wildman–Crippen MR) is 200 cm³/mol. The molecule has 5 atom stereocenters. The highest BCUT2D eigenvalue weighted by Gasteiger charge is 2.62. The molecule has 290 valence electrons. The Morgan fingerprint density at radius 3 is 2.71 bits per heavy atom. The summed E-state index contributed by atoms with van der Waals surface area (Å²) in [6, 6.07) is 6.44. The highest BCUT2D eigenvalue weighted by atomic mass is 32.2. The molecule has 55 heavy (non-hydrogen) atoms. The molecule has 4 amide bonds. The second-order valence-corrected chi connectivity index (χ2v) is 17.8. The molecule has 3 aliphatic heterocycles. The second kappa shape index (κ2) is 15.0. The van der Waals surface area contributed by atoms with Gasteiger partial charge >= 0.3 is 6.09 Å². The molecule has 1 aromatic carbocycles. The first-order chi connectivity index (χ1) is 26.5. The molecule has 1 saturated heterocycles. The quantitative estimate of drug-likeness (QED) is 0.293. The number of aromatic nitrogens is 2. The van der Waals surface area contributed by atoms with Crippen LogP contribution in [0.1, 0.15) is 68.9 Å². The summed E-state index contributed by atoms with van der Waals surface area (Å²) < 4.78 is 48.2. The molecule has 2 aliphatic carbocycles. The highest BCUT2D eigenvalue weighted by molar-refractivity contribution is 7.91. The number of hydrogen-bond donors (Lipinski definition) is 3. The molecule has 0 bridgehead atoms. The molecule has 5 aliphatic rings. The minimum absolute atomic E-state index is 0.0251. The molecule has 0 spiro atoms. The Kier molecular flexibility index (Phi) is 10.1. The van der Waals surface area contributed by atoms with Gasteiger partial charge in [-0.05, 0) is 62.3 Å². The number of fused-ring (bicyclic) bond motifs is 3. The van der Waals surface area contributed by atoms with Crippen LogP contribution in [0.15, 0.2) is 60.3 Å². The topological polar surface area (TPSA) is 180 Å². The number of benzene rings is 1. The number of ether oxygens (including phenoxy) is 1. The smallest absolute Gasteiger partial charge is 0.410 e. The molecule has 5 heterocycles. The van der Waals surface area contributed by atoms with E-state index in [1.807, 2.05) is 29.7 Å². The third-order valence-electron chi connectivity index (χ3n) is 11.1.